The maximum absolute atomic E-state index is 11.1. The van der Waals surface area contributed by atoms with E-state index in [1.807, 2.05) is 0 Å². The third kappa shape index (κ3) is 6.75. The molecule has 0 aromatic carbocycles. The number of rotatable bonds is 7. The Morgan fingerprint density at radius 1 is 1.00 bits per heavy atom. The number of piperidine rings is 1. The minimum Gasteiger partial charge on any atom is -0.355 e. The van der Waals surface area contributed by atoms with Gasteiger partial charge in [-0.2, -0.15) is 0 Å². The summed E-state index contributed by atoms with van der Waals surface area (Å²) in [7, 11) is -1.38. The van der Waals surface area contributed by atoms with Crippen molar-refractivity contribution in [2.75, 3.05) is 46.0 Å². The van der Waals surface area contributed by atoms with Crippen LogP contribution in [0.15, 0.2) is 4.99 Å². The van der Waals surface area contributed by atoms with E-state index in [0.717, 1.165) is 12.5 Å². The Kier molecular flexibility index (Phi) is 7.96. The van der Waals surface area contributed by atoms with Crippen LogP contribution in [0.4, 0.5) is 0 Å². The smallest absolute Gasteiger partial charge is 0.208 e. The number of sulfonamides is 1. The Morgan fingerprint density at radius 3 is 2.24 bits per heavy atom. The summed E-state index contributed by atoms with van der Waals surface area (Å²) < 4.78 is 24.7. The maximum atomic E-state index is 11.1. The third-order valence-electron chi connectivity index (χ3n) is 5.40. The van der Waals surface area contributed by atoms with Crippen molar-refractivity contribution in [3.8, 4) is 0 Å². The van der Waals surface area contributed by atoms with Crippen LogP contribution in [0, 0.1) is 0 Å². The molecule has 3 N–H and O–H groups in total. The Bertz CT molecular complexity index is 523. The van der Waals surface area contributed by atoms with E-state index in [9.17, 15) is 8.42 Å². The highest BCUT2D eigenvalue weighted by Crippen LogP contribution is 2.35. The van der Waals surface area contributed by atoms with Gasteiger partial charge in [0.25, 0.3) is 0 Å². The predicted molar refractivity (Wildman–Crippen MR) is 103 cm³/mol. The fourth-order valence-electron chi connectivity index (χ4n) is 4.07. The molecule has 1 saturated carbocycles. The molecular formula is C17H35N5O2S. The number of aliphatic imine (C=N–C) groups is 1. The summed E-state index contributed by atoms with van der Waals surface area (Å²) in [5.74, 6) is 0.747. The van der Waals surface area contributed by atoms with E-state index >= 15 is 0 Å². The first kappa shape index (κ1) is 20.5. The van der Waals surface area contributed by atoms with E-state index < -0.39 is 10.0 Å². The molecule has 0 aromatic heterocycles. The minimum absolute atomic E-state index is 0.251. The van der Waals surface area contributed by atoms with Crippen LogP contribution in [-0.2, 0) is 10.0 Å². The number of hydrogen-bond acceptors (Lipinski definition) is 4. The molecule has 0 atom stereocenters. The molecule has 0 aromatic rings. The molecular weight excluding hydrogens is 338 g/mol. The van der Waals surface area contributed by atoms with Crippen LogP contribution >= 0.6 is 0 Å². The van der Waals surface area contributed by atoms with Gasteiger partial charge in [0.05, 0.1) is 6.26 Å². The molecule has 8 heteroatoms. The molecule has 0 amide bonds. The maximum Gasteiger partial charge on any atom is 0.208 e. The first-order valence-electron chi connectivity index (χ1n) is 9.59. The van der Waals surface area contributed by atoms with Crippen LogP contribution in [0.1, 0.15) is 51.4 Å². The van der Waals surface area contributed by atoms with Crippen LogP contribution < -0.4 is 15.4 Å². The van der Waals surface area contributed by atoms with Gasteiger partial charge in [0.15, 0.2) is 5.96 Å². The molecule has 2 fully saturated rings. The second kappa shape index (κ2) is 9.73. The summed E-state index contributed by atoms with van der Waals surface area (Å²) in [5.41, 5.74) is 0.251. The molecule has 146 valence electrons. The van der Waals surface area contributed by atoms with Crippen LogP contribution in [-0.4, -0.2) is 70.8 Å². The van der Waals surface area contributed by atoms with E-state index in [4.69, 9.17) is 0 Å². The number of guanidine groups is 1. The summed E-state index contributed by atoms with van der Waals surface area (Å²) in [4.78, 5) is 6.99. The van der Waals surface area contributed by atoms with E-state index in [1.54, 1.807) is 7.05 Å². The lowest BCUT2D eigenvalue weighted by atomic mass is 9.79. The number of likely N-dealkylation sites (tertiary alicyclic amines) is 1. The summed E-state index contributed by atoms with van der Waals surface area (Å²) in [5, 5.41) is 6.69. The zero-order valence-corrected chi connectivity index (χ0v) is 16.6. The van der Waals surface area contributed by atoms with Gasteiger partial charge in [-0.25, -0.2) is 13.1 Å². The van der Waals surface area contributed by atoms with Crippen molar-refractivity contribution in [3.05, 3.63) is 0 Å². The average molecular weight is 374 g/mol. The van der Waals surface area contributed by atoms with E-state index in [-0.39, 0.29) is 5.54 Å². The molecule has 0 bridgehead atoms. The Hall–Kier alpha value is -0.860. The second-order valence-electron chi connectivity index (χ2n) is 7.35. The van der Waals surface area contributed by atoms with Gasteiger partial charge in [0, 0.05) is 32.2 Å². The highest BCUT2D eigenvalue weighted by Gasteiger charge is 2.38. The first-order valence-corrected chi connectivity index (χ1v) is 11.5. The van der Waals surface area contributed by atoms with Crippen molar-refractivity contribution in [2.24, 2.45) is 4.99 Å². The fourth-order valence-corrected chi connectivity index (χ4v) is 4.54. The number of nitrogens with one attached hydrogen (secondary N) is 3. The van der Waals surface area contributed by atoms with Gasteiger partial charge in [-0.1, -0.05) is 25.7 Å². The summed E-state index contributed by atoms with van der Waals surface area (Å²) in [6, 6.07) is 0. The molecule has 1 aliphatic heterocycles. The molecule has 2 aliphatic rings. The highest BCUT2D eigenvalue weighted by molar-refractivity contribution is 7.88. The lowest BCUT2D eigenvalue weighted by molar-refractivity contribution is 0.0368. The third-order valence-corrected chi connectivity index (χ3v) is 6.13. The van der Waals surface area contributed by atoms with Crippen molar-refractivity contribution in [3.63, 3.8) is 0 Å². The van der Waals surface area contributed by atoms with E-state index in [0.29, 0.717) is 13.1 Å². The van der Waals surface area contributed by atoms with Gasteiger partial charge in [-0.3, -0.25) is 9.89 Å². The summed E-state index contributed by atoms with van der Waals surface area (Å²) in [6.45, 7) is 4.21. The SMILES string of the molecule is CN=C(NCCNS(C)(=O)=O)NCC1(N2CCCCC2)CCCCC1. The average Bonchev–Trinajstić information content (AvgIpc) is 2.62. The van der Waals surface area contributed by atoms with Crippen LogP contribution in [0.3, 0.4) is 0 Å². The molecule has 0 unspecified atom stereocenters. The molecule has 0 radical (unpaired) electrons. The van der Waals surface area contributed by atoms with Gasteiger partial charge < -0.3 is 10.6 Å². The molecule has 0 spiro atoms. The molecule has 7 nitrogen and oxygen atoms in total. The quantitative estimate of drug-likeness (QED) is 0.351. The summed E-state index contributed by atoms with van der Waals surface area (Å²) >= 11 is 0. The Balaban J connectivity index is 1.85. The second-order valence-corrected chi connectivity index (χ2v) is 9.18. The fraction of sp³-hybridized carbons (Fsp3) is 0.941. The van der Waals surface area contributed by atoms with Crippen LogP contribution in [0.25, 0.3) is 0 Å². The van der Waals surface area contributed by atoms with Crippen molar-refractivity contribution < 1.29 is 8.42 Å². The largest absolute Gasteiger partial charge is 0.355 e. The van der Waals surface area contributed by atoms with Crippen LogP contribution in [0.2, 0.25) is 0 Å². The van der Waals surface area contributed by atoms with Gasteiger partial charge in [-0.05, 0) is 38.8 Å². The molecule has 1 saturated heterocycles. The van der Waals surface area contributed by atoms with E-state index in [2.05, 4.69) is 25.2 Å². The molecule has 25 heavy (non-hydrogen) atoms. The van der Waals surface area contributed by atoms with Gasteiger partial charge >= 0.3 is 0 Å². The van der Waals surface area contributed by atoms with E-state index in [1.165, 1.54) is 70.7 Å². The van der Waals surface area contributed by atoms with Gasteiger partial charge in [0.1, 0.15) is 0 Å². The Labute approximate surface area is 153 Å². The van der Waals surface area contributed by atoms with Crippen molar-refractivity contribution in [1.82, 2.24) is 20.3 Å². The standard InChI is InChI=1S/C17H35N5O2S/c1-18-16(19-11-12-21-25(2,23)24)20-15-17(9-5-3-6-10-17)22-13-7-4-8-14-22/h21H,3-15H2,1-2H3,(H2,18,19,20). The van der Waals surface area contributed by atoms with Crippen LogP contribution in [0.5, 0.6) is 0 Å². The summed E-state index contributed by atoms with van der Waals surface area (Å²) in [6.07, 6.45) is 11.6. The normalized spacial score (nSPS) is 22.6. The van der Waals surface area contributed by atoms with Crippen molar-refractivity contribution in [2.45, 2.75) is 56.9 Å². The van der Waals surface area contributed by atoms with Gasteiger partial charge in [-0.15, -0.1) is 0 Å². The van der Waals surface area contributed by atoms with Crippen molar-refractivity contribution in [1.29, 1.82) is 0 Å². The van der Waals surface area contributed by atoms with Crippen molar-refractivity contribution >= 4 is 16.0 Å². The van der Waals surface area contributed by atoms with Gasteiger partial charge in [0.2, 0.25) is 10.0 Å². The lowest BCUT2D eigenvalue weighted by Crippen LogP contribution is -2.59. The number of nitrogens with zero attached hydrogens (tertiary/aromatic N) is 2. The lowest BCUT2D eigenvalue weighted by Gasteiger charge is -2.48. The number of hydrogen-bond donors (Lipinski definition) is 3. The zero-order valence-electron chi connectivity index (χ0n) is 15.8. The minimum atomic E-state index is -3.14. The molecule has 1 aliphatic carbocycles. The predicted octanol–water partition coefficient (Wildman–Crippen LogP) is 0.889. The zero-order chi connectivity index (χ0) is 18.2. The molecule has 2 rings (SSSR count). The Morgan fingerprint density at radius 2 is 1.64 bits per heavy atom. The monoisotopic (exact) mass is 373 g/mol. The highest BCUT2D eigenvalue weighted by atomic mass is 32.2. The topological polar surface area (TPSA) is 85.8 Å². The molecule has 1 heterocycles. The first-order chi connectivity index (χ1) is 12.0.